The molecule has 1 heterocycles. The van der Waals surface area contributed by atoms with E-state index in [0.717, 1.165) is 38.4 Å². The molecule has 0 aliphatic carbocycles. The number of halogens is 1. The van der Waals surface area contributed by atoms with E-state index in [2.05, 4.69) is 15.9 Å². The number of nitrogens with zero attached hydrogens (tertiary/aromatic N) is 2. The van der Waals surface area contributed by atoms with Crippen LogP contribution in [0.25, 0.3) is 0 Å². The third kappa shape index (κ3) is 3.31. The summed E-state index contributed by atoms with van der Waals surface area (Å²) in [6.07, 6.45) is 4.07. The Morgan fingerprint density at radius 3 is 2.50 bits per heavy atom. The van der Waals surface area contributed by atoms with E-state index in [0.29, 0.717) is 6.54 Å². The lowest BCUT2D eigenvalue weighted by Crippen LogP contribution is -2.46. The Morgan fingerprint density at radius 1 is 1.11 bits per heavy atom. The summed E-state index contributed by atoms with van der Waals surface area (Å²) in [5.74, 6) is -0.131. The highest BCUT2D eigenvalue weighted by atomic mass is 19.1. The molecule has 1 saturated heterocycles. The van der Waals surface area contributed by atoms with E-state index in [1.54, 1.807) is 6.07 Å². The fraction of sp³-hybridized carbons (Fsp3) is 0.429. The van der Waals surface area contributed by atoms with Gasteiger partial charge in [-0.25, -0.2) is 4.39 Å². The van der Waals surface area contributed by atoms with Gasteiger partial charge in [-0.2, -0.15) is 0 Å². The molecule has 0 amide bonds. The Labute approximate surface area is 108 Å². The van der Waals surface area contributed by atoms with Gasteiger partial charge in [0.05, 0.1) is 5.69 Å². The number of rotatable bonds is 4. The summed E-state index contributed by atoms with van der Waals surface area (Å²) >= 11 is 0. The molecule has 1 aliphatic rings. The zero-order valence-corrected chi connectivity index (χ0v) is 10.6. The van der Waals surface area contributed by atoms with Gasteiger partial charge in [0.1, 0.15) is 5.82 Å². The number of piperazine rings is 1. The van der Waals surface area contributed by atoms with E-state index in [1.807, 2.05) is 18.2 Å². The number of hydrogen-bond acceptors (Lipinski definition) is 3. The number of benzene rings is 1. The first-order chi connectivity index (χ1) is 8.81. The maximum Gasteiger partial charge on any atom is 0.146 e. The molecular weight excluding hydrogens is 229 g/mol. The summed E-state index contributed by atoms with van der Waals surface area (Å²) in [5, 5.41) is 0. The van der Waals surface area contributed by atoms with E-state index < -0.39 is 0 Å². The zero-order valence-electron chi connectivity index (χ0n) is 10.6. The van der Waals surface area contributed by atoms with Gasteiger partial charge in [-0.15, -0.1) is 0 Å². The van der Waals surface area contributed by atoms with Gasteiger partial charge in [-0.1, -0.05) is 24.3 Å². The zero-order chi connectivity index (χ0) is 12.8. The summed E-state index contributed by atoms with van der Waals surface area (Å²) in [5.41, 5.74) is 6.12. The molecule has 0 saturated carbocycles. The molecule has 1 fully saturated rings. The standard InChI is InChI=1S/C14H20FN3/c15-13-5-1-2-6-14(13)18-11-9-17(10-12-18)8-4-3-7-16/h1-6H,7-12,16H2. The maximum absolute atomic E-state index is 13.6. The Balaban J connectivity index is 1.87. The van der Waals surface area contributed by atoms with E-state index in [4.69, 9.17) is 5.73 Å². The second kappa shape index (κ2) is 6.52. The summed E-state index contributed by atoms with van der Waals surface area (Å²) in [7, 11) is 0. The quantitative estimate of drug-likeness (QED) is 0.820. The van der Waals surface area contributed by atoms with E-state index in [1.165, 1.54) is 6.07 Å². The average Bonchev–Trinajstić information content (AvgIpc) is 2.41. The molecule has 0 unspecified atom stereocenters. The molecule has 0 aromatic heterocycles. The minimum absolute atomic E-state index is 0.131. The smallest absolute Gasteiger partial charge is 0.146 e. The van der Waals surface area contributed by atoms with Crippen molar-refractivity contribution in [1.82, 2.24) is 4.90 Å². The van der Waals surface area contributed by atoms with Crippen molar-refractivity contribution in [2.45, 2.75) is 0 Å². The van der Waals surface area contributed by atoms with Crippen LogP contribution in [0, 0.1) is 5.82 Å². The number of hydrogen-bond donors (Lipinski definition) is 1. The first-order valence-electron chi connectivity index (χ1n) is 6.38. The predicted molar refractivity (Wildman–Crippen MR) is 73.2 cm³/mol. The van der Waals surface area contributed by atoms with Crippen molar-refractivity contribution >= 4 is 5.69 Å². The minimum atomic E-state index is -0.131. The highest BCUT2D eigenvalue weighted by Gasteiger charge is 2.18. The van der Waals surface area contributed by atoms with Crippen LogP contribution in [0.4, 0.5) is 10.1 Å². The van der Waals surface area contributed by atoms with E-state index >= 15 is 0 Å². The van der Waals surface area contributed by atoms with Crippen LogP contribution in [0.3, 0.4) is 0 Å². The third-order valence-electron chi connectivity index (χ3n) is 3.23. The summed E-state index contributed by atoms with van der Waals surface area (Å²) in [6, 6.07) is 6.98. The third-order valence-corrected chi connectivity index (χ3v) is 3.23. The maximum atomic E-state index is 13.6. The largest absolute Gasteiger partial charge is 0.367 e. The molecule has 2 N–H and O–H groups in total. The monoisotopic (exact) mass is 249 g/mol. The number of anilines is 1. The van der Waals surface area contributed by atoms with Crippen LogP contribution in [0.15, 0.2) is 36.4 Å². The topological polar surface area (TPSA) is 32.5 Å². The molecule has 98 valence electrons. The highest BCUT2D eigenvalue weighted by molar-refractivity contribution is 5.47. The van der Waals surface area contributed by atoms with Crippen LogP contribution in [-0.4, -0.2) is 44.2 Å². The van der Waals surface area contributed by atoms with Crippen LogP contribution < -0.4 is 10.6 Å². The number of nitrogens with two attached hydrogens (primary N) is 1. The summed E-state index contributed by atoms with van der Waals surface area (Å²) in [6.45, 7) is 5.19. The molecule has 18 heavy (non-hydrogen) atoms. The first-order valence-corrected chi connectivity index (χ1v) is 6.38. The van der Waals surface area contributed by atoms with Gasteiger partial charge >= 0.3 is 0 Å². The molecule has 0 atom stereocenters. The summed E-state index contributed by atoms with van der Waals surface area (Å²) < 4.78 is 13.6. The molecule has 1 aromatic carbocycles. The lowest BCUT2D eigenvalue weighted by atomic mass is 10.2. The normalized spacial score (nSPS) is 17.6. The predicted octanol–water partition coefficient (Wildman–Crippen LogP) is 1.46. The van der Waals surface area contributed by atoms with E-state index in [-0.39, 0.29) is 5.82 Å². The van der Waals surface area contributed by atoms with Crippen LogP contribution in [0.2, 0.25) is 0 Å². The molecule has 0 radical (unpaired) electrons. The first kappa shape index (κ1) is 13.1. The molecule has 4 heteroatoms. The van der Waals surface area contributed by atoms with Gasteiger partial charge in [0.25, 0.3) is 0 Å². The van der Waals surface area contributed by atoms with Crippen molar-refractivity contribution in [3.8, 4) is 0 Å². The second-order valence-electron chi connectivity index (χ2n) is 4.45. The van der Waals surface area contributed by atoms with Crippen LogP contribution in [-0.2, 0) is 0 Å². The molecule has 0 bridgehead atoms. The van der Waals surface area contributed by atoms with Gasteiger partial charge < -0.3 is 10.6 Å². The van der Waals surface area contributed by atoms with Gasteiger partial charge in [0, 0.05) is 39.3 Å². The van der Waals surface area contributed by atoms with Crippen molar-refractivity contribution in [3.05, 3.63) is 42.2 Å². The van der Waals surface area contributed by atoms with Gasteiger partial charge in [-0.3, -0.25) is 4.90 Å². The number of para-hydroxylation sites is 1. The molecular formula is C14H20FN3. The minimum Gasteiger partial charge on any atom is -0.367 e. The van der Waals surface area contributed by atoms with Crippen molar-refractivity contribution in [2.75, 3.05) is 44.2 Å². The van der Waals surface area contributed by atoms with Gasteiger partial charge in [0.15, 0.2) is 0 Å². The van der Waals surface area contributed by atoms with Gasteiger partial charge in [-0.05, 0) is 12.1 Å². The molecule has 1 aromatic rings. The van der Waals surface area contributed by atoms with E-state index in [9.17, 15) is 4.39 Å². The van der Waals surface area contributed by atoms with Crippen LogP contribution in [0.1, 0.15) is 0 Å². The highest BCUT2D eigenvalue weighted by Crippen LogP contribution is 2.19. The van der Waals surface area contributed by atoms with Crippen molar-refractivity contribution < 1.29 is 4.39 Å². The van der Waals surface area contributed by atoms with Gasteiger partial charge in [0.2, 0.25) is 0 Å². The Kier molecular flexibility index (Phi) is 4.73. The van der Waals surface area contributed by atoms with Crippen molar-refractivity contribution in [3.63, 3.8) is 0 Å². The fourth-order valence-corrected chi connectivity index (χ4v) is 2.20. The summed E-state index contributed by atoms with van der Waals surface area (Å²) in [4.78, 5) is 4.46. The average molecular weight is 249 g/mol. The molecule has 2 rings (SSSR count). The molecule has 0 spiro atoms. The van der Waals surface area contributed by atoms with Crippen LogP contribution in [0.5, 0.6) is 0 Å². The Morgan fingerprint density at radius 2 is 1.83 bits per heavy atom. The fourth-order valence-electron chi connectivity index (χ4n) is 2.20. The van der Waals surface area contributed by atoms with Crippen molar-refractivity contribution in [2.24, 2.45) is 5.73 Å². The molecule has 1 aliphatic heterocycles. The Hall–Kier alpha value is -1.39. The second-order valence-corrected chi connectivity index (χ2v) is 4.45. The van der Waals surface area contributed by atoms with Crippen LogP contribution >= 0.6 is 0 Å². The lowest BCUT2D eigenvalue weighted by molar-refractivity contribution is 0.283. The van der Waals surface area contributed by atoms with Crippen molar-refractivity contribution in [1.29, 1.82) is 0 Å². The lowest BCUT2D eigenvalue weighted by Gasteiger charge is -2.35. The Bertz CT molecular complexity index is 398. The SMILES string of the molecule is NCC=CCN1CCN(c2ccccc2F)CC1. The molecule has 3 nitrogen and oxygen atoms in total.